The number of halogens is 2. The van der Waals surface area contributed by atoms with E-state index in [9.17, 15) is 8.78 Å². The lowest BCUT2D eigenvalue weighted by atomic mass is 9.77. The second-order valence-electron chi connectivity index (χ2n) is 11.0. The smallest absolute Gasteiger partial charge is 0.316 e. The van der Waals surface area contributed by atoms with Gasteiger partial charge in [-0.25, -0.2) is 0 Å². The fourth-order valence-corrected chi connectivity index (χ4v) is 6.02. The van der Waals surface area contributed by atoms with Crippen molar-refractivity contribution in [2.45, 2.75) is 95.5 Å². The van der Waals surface area contributed by atoms with Crippen LogP contribution in [-0.4, -0.2) is 6.61 Å². The van der Waals surface area contributed by atoms with Gasteiger partial charge in [0.25, 0.3) is 0 Å². The van der Waals surface area contributed by atoms with Crippen LogP contribution in [0.3, 0.4) is 0 Å². The molecule has 2 fully saturated rings. The van der Waals surface area contributed by atoms with Crippen molar-refractivity contribution in [2.24, 2.45) is 11.8 Å². The first-order valence-electron chi connectivity index (χ1n) is 13.8. The van der Waals surface area contributed by atoms with Crippen molar-refractivity contribution in [2.75, 3.05) is 6.61 Å². The van der Waals surface area contributed by atoms with Crippen molar-refractivity contribution in [1.82, 2.24) is 0 Å². The van der Waals surface area contributed by atoms with E-state index in [1.54, 1.807) is 12.1 Å². The van der Waals surface area contributed by atoms with Crippen LogP contribution in [0.1, 0.15) is 105 Å². The molecule has 4 rings (SSSR count). The molecular formula is C32H42F2O. The Morgan fingerprint density at radius 2 is 1.37 bits per heavy atom. The molecule has 1 nitrogen and oxygen atoms in total. The summed E-state index contributed by atoms with van der Waals surface area (Å²) in [6.45, 7) is 6.16. The van der Waals surface area contributed by atoms with Crippen molar-refractivity contribution in [1.29, 1.82) is 0 Å². The molecule has 0 spiro atoms. The van der Waals surface area contributed by atoms with Gasteiger partial charge in [-0.2, -0.15) is 8.78 Å². The minimum absolute atomic E-state index is 0.00373. The molecule has 190 valence electrons. The van der Waals surface area contributed by atoms with E-state index in [1.165, 1.54) is 56.1 Å². The summed E-state index contributed by atoms with van der Waals surface area (Å²) in [7, 11) is 0. The highest BCUT2D eigenvalue weighted by Crippen LogP contribution is 2.39. The summed E-state index contributed by atoms with van der Waals surface area (Å²) in [5.41, 5.74) is 3.56. The van der Waals surface area contributed by atoms with E-state index < -0.39 is 6.11 Å². The zero-order valence-corrected chi connectivity index (χ0v) is 21.4. The van der Waals surface area contributed by atoms with Gasteiger partial charge in [-0.15, -0.1) is 6.58 Å². The summed E-state index contributed by atoms with van der Waals surface area (Å²) in [5.74, 6) is 2.76. The number of hydrogen-bond acceptors (Lipinski definition) is 1. The van der Waals surface area contributed by atoms with Crippen LogP contribution in [0.2, 0.25) is 0 Å². The first kappa shape index (κ1) is 26.1. The van der Waals surface area contributed by atoms with Crippen molar-refractivity contribution in [3.63, 3.8) is 0 Å². The van der Waals surface area contributed by atoms with Gasteiger partial charge in [-0.05, 0) is 98.1 Å². The molecule has 2 aromatic rings. The lowest BCUT2D eigenvalue weighted by molar-refractivity contribution is -0.248. The molecule has 0 unspecified atom stereocenters. The molecule has 0 heterocycles. The van der Waals surface area contributed by atoms with Gasteiger partial charge in [0.1, 0.15) is 0 Å². The maximum absolute atomic E-state index is 14.7. The van der Waals surface area contributed by atoms with Crippen molar-refractivity contribution in [3.8, 4) is 0 Å². The molecule has 35 heavy (non-hydrogen) atoms. The fraction of sp³-hybridized carbons (Fsp3) is 0.562. The second kappa shape index (κ2) is 12.3. The van der Waals surface area contributed by atoms with Crippen LogP contribution in [-0.2, 0) is 17.3 Å². The Morgan fingerprint density at radius 1 is 0.829 bits per heavy atom. The number of benzene rings is 2. The molecule has 0 radical (unpaired) electrons. The Bertz CT molecular complexity index is 902. The van der Waals surface area contributed by atoms with Crippen LogP contribution in [0.15, 0.2) is 61.2 Å². The number of hydrogen-bond donors (Lipinski definition) is 0. The Kier molecular flexibility index (Phi) is 9.16. The molecule has 0 N–H and O–H groups in total. The minimum atomic E-state index is -3.26. The van der Waals surface area contributed by atoms with E-state index >= 15 is 0 Å². The molecule has 2 saturated carbocycles. The summed E-state index contributed by atoms with van der Waals surface area (Å²) < 4.78 is 34.5. The third-order valence-corrected chi connectivity index (χ3v) is 8.49. The Balaban J connectivity index is 1.23. The summed E-state index contributed by atoms with van der Waals surface area (Å²) in [6, 6.07) is 15.4. The van der Waals surface area contributed by atoms with Crippen LogP contribution in [0, 0.1) is 11.8 Å². The molecular weight excluding hydrogens is 438 g/mol. The third-order valence-electron chi connectivity index (χ3n) is 8.49. The van der Waals surface area contributed by atoms with Crippen molar-refractivity contribution in [3.05, 3.63) is 83.4 Å². The van der Waals surface area contributed by atoms with Crippen LogP contribution >= 0.6 is 0 Å². The summed E-state index contributed by atoms with van der Waals surface area (Å²) in [5, 5.41) is 0. The van der Waals surface area contributed by atoms with Gasteiger partial charge in [0.15, 0.2) is 0 Å². The van der Waals surface area contributed by atoms with Gasteiger partial charge in [0, 0.05) is 0 Å². The maximum Gasteiger partial charge on any atom is 0.383 e. The first-order chi connectivity index (χ1) is 16.9. The molecule has 0 aliphatic heterocycles. The fourth-order valence-electron chi connectivity index (χ4n) is 6.02. The highest BCUT2D eigenvalue weighted by atomic mass is 19.3. The predicted octanol–water partition coefficient (Wildman–Crippen LogP) is 9.53. The van der Waals surface area contributed by atoms with Gasteiger partial charge in [-0.3, -0.25) is 0 Å². The Morgan fingerprint density at radius 3 is 1.94 bits per heavy atom. The SMILES string of the molecule is C=CCCC1CCC(c2ccc(C(F)(F)OCCc3ccc(C4CCC(C)CC4)cc3)cc2)CC1. The third kappa shape index (κ3) is 7.26. The standard InChI is InChI=1S/C32H42F2O/c1-3-4-5-25-8-14-29(15-9-25)30-18-20-31(21-19-30)32(33,34)35-23-22-26-10-16-28(17-11-26)27-12-6-24(2)7-13-27/h3,10-11,16-21,24-25,27,29H,1,4-9,12-15,22-23H2,2H3. The monoisotopic (exact) mass is 480 g/mol. The van der Waals surface area contributed by atoms with Crippen LogP contribution in [0.25, 0.3) is 0 Å². The number of allylic oxidation sites excluding steroid dienone is 1. The zero-order valence-electron chi connectivity index (χ0n) is 21.4. The van der Waals surface area contributed by atoms with Crippen LogP contribution < -0.4 is 0 Å². The Hall–Kier alpha value is -2.00. The largest absolute Gasteiger partial charge is 0.383 e. The molecule has 0 saturated heterocycles. The summed E-state index contributed by atoms with van der Waals surface area (Å²) >= 11 is 0. The average Bonchev–Trinajstić information content (AvgIpc) is 2.89. The number of ether oxygens (including phenoxy) is 1. The van der Waals surface area contributed by atoms with Gasteiger partial charge < -0.3 is 4.74 Å². The van der Waals surface area contributed by atoms with E-state index in [0.717, 1.165) is 36.7 Å². The quantitative estimate of drug-likeness (QED) is 0.308. The lowest BCUT2D eigenvalue weighted by Crippen LogP contribution is -2.20. The molecule has 2 aliphatic rings. The normalized spacial score (nSPS) is 25.3. The molecule has 2 aromatic carbocycles. The average molecular weight is 481 g/mol. The molecule has 0 bridgehead atoms. The molecule has 3 heteroatoms. The van der Waals surface area contributed by atoms with Crippen LogP contribution in [0.5, 0.6) is 0 Å². The van der Waals surface area contributed by atoms with E-state index in [1.807, 2.05) is 18.2 Å². The zero-order chi connectivity index (χ0) is 24.7. The highest BCUT2D eigenvalue weighted by molar-refractivity contribution is 5.28. The first-order valence-corrected chi connectivity index (χ1v) is 13.8. The number of rotatable bonds is 10. The molecule has 2 aliphatic carbocycles. The van der Waals surface area contributed by atoms with Gasteiger partial charge >= 0.3 is 6.11 Å². The number of alkyl halides is 2. The van der Waals surface area contributed by atoms with Gasteiger partial charge in [0.05, 0.1) is 12.2 Å². The van der Waals surface area contributed by atoms with Crippen molar-refractivity contribution >= 4 is 0 Å². The topological polar surface area (TPSA) is 9.23 Å². The van der Waals surface area contributed by atoms with Crippen LogP contribution in [0.4, 0.5) is 8.78 Å². The van der Waals surface area contributed by atoms with Gasteiger partial charge in [-0.1, -0.05) is 74.4 Å². The maximum atomic E-state index is 14.7. The summed E-state index contributed by atoms with van der Waals surface area (Å²) in [6.07, 6.45) is 11.4. The molecule has 0 atom stereocenters. The lowest BCUT2D eigenvalue weighted by Gasteiger charge is -2.29. The van der Waals surface area contributed by atoms with Gasteiger partial charge in [0.2, 0.25) is 0 Å². The minimum Gasteiger partial charge on any atom is -0.316 e. The van der Waals surface area contributed by atoms with E-state index in [4.69, 9.17) is 4.74 Å². The van der Waals surface area contributed by atoms with E-state index in [2.05, 4.69) is 37.8 Å². The molecule has 0 aromatic heterocycles. The highest BCUT2D eigenvalue weighted by Gasteiger charge is 2.33. The van der Waals surface area contributed by atoms with E-state index in [-0.39, 0.29) is 12.2 Å². The molecule has 0 amide bonds. The van der Waals surface area contributed by atoms with Crippen molar-refractivity contribution < 1.29 is 13.5 Å². The Labute approximate surface area is 211 Å². The predicted molar refractivity (Wildman–Crippen MR) is 141 cm³/mol. The second-order valence-corrected chi connectivity index (χ2v) is 11.0. The van der Waals surface area contributed by atoms with E-state index in [0.29, 0.717) is 18.3 Å². The summed E-state index contributed by atoms with van der Waals surface area (Å²) in [4.78, 5) is 0.